The topological polar surface area (TPSA) is 9.23 Å². The smallest absolute Gasteiger partial charge is 0.0582 e. The molecule has 8 fully saturated rings. The largest absolute Gasteiger partial charge is 0.375 e. The van der Waals surface area contributed by atoms with Crippen molar-refractivity contribution in [1.82, 2.24) is 0 Å². The lowest BCUT2D eigenvalue weighted by Crippen LogP contribution is -2.55. The molecule has 8 aliphatic rings. The molecule has 0 aliphatic heterocycles. The van der Waals surface area contributed by atoms with Gasteiger partial charge in [0.15, 0.2) is 0 Å². The van der Waals surface area contributed by atoms with Gasteiger partial charge in [0.25, 0.3) is 0 Å². The molecule has 0 heterocycles. The van der Waals surface area contributed by atoms with Gasteiger partial charge in [-0.25, -0.2) is 0 Å². The van der Waals surface area contributed by atoms with Crippen LogP contribution >= 0.6 is 0 Å². The van der Waals surface area contributed by atoms with Crippen LogP contribution in [0.3, 0.4) is 0 Å². The predicted molar refractivity (Wildman–Crippen MR) is 235 cm³/mol. The van der Waals surface area contributed by atoms with Gasteiger partial charge in [0, 0.05) is 0 Å². The molecule has 0 aromatic carbocycles. The van der Waals surface area contributed by atoms with Crippen LogP contribution in [0.4, 0.5) is 0 Å². The minimum Gasteiger partial charge on any atom is -0.375 e. The Kier molecular flexibility index (Phi) is 12.2. The van der Waals surface area contributed by atoms with Crippen molar-refractivity contribution in [2.24, 2.45) is 105 Å². The van der Waals surface area contributed by atoms with E-state index in [0.29, 0.717) is 33.9 Å². The van der Waals surface area contributed by atoms with Gasteiger partial charge in [0.1, 0.15) is 0 Å². The highest BCUT2D eigenvalue weighted by molar-refractivity contribution is 5.12. The highest BCUT2D eigenvalue weighted by Gasteiger charge is 2.63. The molecular formula is C54H94O. The van der Waals surface area contributed by atoms with Gasteiger partial charge in [0.05, 0.1) is 12.2 Å². The zero-order valence-electron chi connectivity index (χ0n) is 38.6. The minimum atomic E-state index is 0.546. The van der Waals surface area contributed by atoms with Crippen molar-refractivity contribution in [3.63, 3.8) is 0 Å². The lowest BCUT2D eigenvalue weighted by molar-refractivity contribution is -0.168. The van der Waals surface area contributed by atoms with E-state index in [9.17, 15) is 0 Å². The van der Waals surface area contributed by atoms with Crippen molar-refractivity contribution in [2.45, 2.75) is 236 Å². The van der Waals surface area contributed by atoms with E-state index in [0.717, 1.165) is 82.9 Å². The van der Waals surface area contributed by atoms with Crippen LogP contribution < -0.4 is 0 Å². The van der Waals surface area contributed by atoms with Gasteiger partial charge in [-0.15, -0.1) is 0 Å². The average molecular weight is 759 g/mol. The molecule has 8 rings (SSSR count). The Bertz CT molecular complexity index is 1190. The van der Waals surface area contributed by atoms with Gasteiger partial charge in [0.2, 0.25) is 0 Å². The van der Waals surface area contributed by atoms with E-state index in [1.54, 1.807) is 12.8 Å². The minimum absolute atomic E-state index is 0.546. The zero-order valence-corrected chi connectivity index (χ0v) is 38.6. The summed E-state index contributed by atoms with van der Waals surface area (Å²) in [4.78, 5) is 0. The fourth-order valence-corrected chi connectivity index (χ4v) is 19.0. The Labute approximate surface area is 343 Å². The van der Waals surface area contributed by atoms with E-state index in [1.165, 1.54) is 141 Å². The molecule has 8 saturated carbocycles. The number of hydrogen-bond donors (Lipinski definition) is 0. The predicted octanol–water partition coefficient (Wildman–Crippen LogP) is 16.0. The first kappa shape index (κ1) is 41.7. The van der Waals surface area contributed by atoms with Gasteiger partial charge in [-0.1, -0.05) is 108 Å². The molecule has 0 spiro atoms. The van der Waals surface area contributed by atoms with Crippen molar-refractivity contribution in [3.05, 3.63) is 0 Å². The first-order chi connectivity index (χ1) is 26.2. The first-order valence-corrected chi connectivity index (χ1v) is 25.8. The molecule has 0 saturated heterocycles. The monoisotopic (exact) mass is 759 g/mol. The summed E-state index contributed by atoms with van der Waals surface area (Å²) in [5.41, 5.74) is 2.40. The summed E-state index contributed by atoms with van der Waals surface area (Å²) in [6, 6.07) is 0. The Morgan fingerprint density at radius 2 is 0.800 bits per heavy atom. The molecule has 10 unspecified atom stereocenters. The number of ether oxygens (including phenoxy) is 1. The normalized spacial score (nSPS) is 50.4. The lowest BCUT2D eigenvalue weighted by atomic mass is 9.44. The summed E-state index contributed by atoms with van der Waals surface area (Å²) >= 11 is 0. The maximum atomic E-state index is 7.34. The Morgan fingerprint density at radius 1 is 0.418 bits per heavy atom. The van der Waals surface area contributed by atoms with Crippen molar-refractivity contribution in [2.75, 3.05) is 0 Å². The van der Waals surface area contributed by atoms with Gasteiger partial charge >= 0.3 is 0 Å². The van der Waals surface area contributed by atoms with E-state index in [1.807, 2.05) is 0 Å². The summed E-state index contributed by atoms with van der Waals surface area (Å²) in [6.45, 7) is 26.1. The number of hydrogen-bond acceptors (Lipinski definition) is 1. The van der Waals surface area contributed by atoms with Crippen LogP contribution in [0, 0.1) is 105 Å². The average Bonchev–Trinajstić information content (AvgIpc) is 3.68. The molecule has 0 aromatic heterocycles. The fourth-order valence-electron chi connectivity index (χ4n) is 19.0. The third kappa shape index (κ3) is 7.44. The number of fused-ring (bicyclic) bond motifs is 10. The molecule has 0 radical (unpaired) electrons. The Morgan fingerprint density at radius 3 is 1.20 bits per heavy atom. The molecule has 0 N–H and O–H groups in total. The van der Waals surface area contributed by atoms with Crippen LogP contribution in [0.1, 0.15) is 223 Å². The summed E-state index contributed by atoms with van der Waals surface area (Å²) in [7, 11) is 0. The molecule has 1 nitrogen and oxygen atoms in total. The summed E-state index contributed by atoms with van der Waals surface area (Å²) < 4.78 is 7.34. The molecule has 0 aromatic rings. The van der Waals surface area contributed by atoms with E-state index < -0.39 is 0 Å². The molecule has 0 bridgehead atoms. The van der Waals surface area contributed by atoms with Crippen LogP contribution in [0.5, 0.6) is 0 Å². The highest BCUT2D eigenvalue weighted by atomic mass is 16.5. The van der Waals surface area contributed by atoms with Gasteiger partial charge in [-0.2, -0.15) is 0 Å². The second kappa shape index (κ2) is 16.1. The third-order valence-electron chi connectivity index (χ3n) is 22.0. The van der Waals surface area contributed by atoms with Crippen LogP contribution in [0.25, 0.3) is 0 Å². The molecule has 18 atom stereocenters. The van der Waals surface area contributed by atoms with Gasteiger partial charge in [-0.05, 0) is 220 Å². The van der Waals surface area contributed by atoms with Crippen molar-refractivity contribution in [3.8, 4) is 0 Å². The molecule has 316 valence electrons. The highest BCUT2D eigenvalue weighted by Crippen LogP contribution is 2.70. The van der Waals surface area contributed by atoms with Crippen molar-refractivity contribution < 1.29 is 4.74 Å². The van der Waals surface area contributed by atoms with Crippen LogP contribution in [0.2, 0.25) is 0 Å². The quantitative estimate of drug-likeness (QED) is 0.193. The Balaban J connectivity index is 0.840. The fraction of sp³-hybridized carbons (Fsp3) is 1.00. The van der Waals surface area contributed by atoms with Gasteiger partial charge < -0.3 is 4.74 Å². The second-order valence-corrected chi connectivity index (χ2v) is 25.3. The molecule has 8 aliphatic carbocycles. The SMILES string of the molecule is CC(C)CCC[C@@H](C)[C@H]1CCC2C3CCC4CC(OC5CC[C@@]6(C)C(CCC7C6CC[C@@]6(C)C7CC[C@@H]6[C@H](C)CCCC(C)C)C5)CC[C@]4(C)C3CC[C@@]21C. The second-order valence-electron chi connectivity index (χ2n) is 25.3. The van der Waals surface area contributed by atoms with Gasteiger partial charge in [-0.3, -0.25) is 0 Å². The molecule has 0 amide bonds. The van der Waals surface area contributed by atoms with E-state index in [-0.39, 0.29) is 0 Å². The summed E-state index contributed by atoms with van der Waals surface area (Å²) in [6.07, 6.45) is 36.6. The van der Waals surface area contributed by atoms with Crippen molar-refractivity contribution >= 4 is 0 Å². The zero-order chi connectivity index (χ0) is 38.9. The first-order valence-electron chi connectivity index (χ1n) is 25.8. The number of rotatable bonds is 12. The van der Waals surface area contributed by atoms with Crippen LogP contribution in [-0.4, -0.2) is 12.2 Å². The molecular weight excluding hydrogens is 665 g/mol. The molecule has 1 heteroatoms. The van der Waals surface area contributed by atoms with E-state index >= 15 is 0 Å². The summed E-state index contributed by atoms with van der Waals surface area (Å²) in [5.74, 6) is 13.4. The Hall–Kier alpha value is -0.0400. The third-order valence-corrected chi connectivity index (χ3v) is 22.0. The maximum Gasteiger partial charge on any atom is 0.0582 e. The lowest BCUT2D eigenvalue weighted by Gasteiger charge is -2.62. The van der Waals surface area contributed by atoms with E-state index in [2.05, 4.69) is 69.2 Å². The molecule has 55 heavy (non-hydrogen) atoms. The van der Waals surface area contributed by atoms with Crippen molar-refractivity contribution in [1.29, 1.82) is 0 Å². The van der Waals surface area contributed by atoms with Crippen LogP contribution in [0.15, 0.2) is 0 Å². The standard InChI is InChI=1S/C54H94O/c1-35(2)13-11-15-37(5)45-21-23-47-43-19-17-39-33-41(25-29-51(39,7)49(43)27-31-53(45,47)9)55-42-26-30-52(8)40(34-42)18-20-44-48-24-22-46(38(6)16-12-14-36(3)4)54(48,10)32-28-50(44)52/h35-50H,11-34H2,1-10H3/t37-,38-,39?,40?,41?,42?,43?,44?,45-,46-,47?,48?,49?,50?,51+,52+,53-,54-/m1/s1. The van der Waals surface area contributed by atoms with Crippen LogP contribution in [-0.2, 0) is 4.74 Å². The van der Waals surface area contributed by atoms with E-state index in [4.69, 9.17) is 4.74 Å². The summed E-state index contributed by atoms with van der Waals surface area (Å²) in [5, 5.41) is 0. The maximum absolute atomic E-state index is 7.34.